The highest BCUT2D eigenvalue weighted by molar-refractivity contribution is 7.99. The molecule has 3 aromatic rings. The van der Waals surface area contributed by atoms with Crippen LogP contribution in [-0.4, -0.2) is 15.7 Å². The van der Waals surface area contributed by atoms with Crippen LogP contribution in [0.15, 0.2) is 52.4 Å². The normalized spacial score (nSPS) is 12.3. The van der Waals surface area contributed by atoms with E-state index in [1.807, 2.05) is 29.8 Å². The summed E-state index contributed by atoms with van der Waals surface area (Å²) in [6, 6.07) is 12.1. The minimum absolute atomic E-state index is 0.288. The summed E-state index contributed by atoms with van der Waals surface area (Å²) in [6.45, 7) is 4.22. The second-order valence-electron chi connectivity index (χ2n) is 5.67. The van der Waals surface area contributed by atoms with E-state index in [-0.39, 0.29) is 11.7 Å². The van der Waals surface area contributed by atoms with Crippen LogP contribution in [0.2, 0.25) is 0 Å². The molecular formula is C18H17FN2OS2. The molecule has 6 heteroatoms. The Labute approximate surface area is 147 Å². The van der Waals surface area contributed by atoms with Crippen LogP contribution in [0, 0.1) is 5.82 Å². The molecule has 0 N–H and O–H groups in total. The first kappa shape index (κ1) is 16.9. The van der Waals surface area contributed by atoms with Crippen molar-refractivity contribution in [2.75, 3.05) is 0 Å². The Balaban J connectivity index is 1.99. The first-order valence-electron chi connectivity index (χ1n) is 7.55. The fourth-order valence-electron chi connectivity index (χ4n) is 2.34. The second kappa shape index (κ2) is 6.91. The van der Waals surface area contributed by atoms with Crippen molar-refractivity contribution in [1.82, 2.24) is 4.57 Å². The summed E-state index contributed by atoms with van der Waals surface area (Å²) < 4.78 is 15.9. The van der Waals surface area contributed by atoms with E-state index < -0.39 is 0 Å². The molecule has 24 heavy (non-hydrogen) atoms. The lowest BCUT2D eigenvalue weighted by molar-refractivity contribution is 0.0997. The van der Waals surface area contributed by atoms with Crippen molar-refractivity contribution in [3.8, 4) is 0 Å². The Kier molecular flexibility index (Phi) is 4.87. The predicted octanol–water partition coefficient (Wildman–Crippen LogP) is 4.62. The van der Waals surface area contributed by atoms with Gasteiger partial charge in [-0.3, -0.25) is 4.79 Å². The summed E-state index contributed by atoms with van der Waals surface area (Å²) in [4.78, 5) is 18.3. The van der Waals surface area contributed by atoms with Crippen molar-refractivity contribution in [1.29, 1.82) is 0 Å². The van der Waals surface area contributed by atoms with Gasteiger partial charge in [-0.15, -0.1) is 11.8 Å². The number of benzene rings is 2. The Bertz CT molecular complexity index is 973. The molecule has 0 spiro atoms. The molecule has 0 aliphatic carbocycles. The molecule has 0 saturated carbocycles. The van der Waals surface area contributed by atoms with Gasteiger partial charge in [-0.05, 0) is 36.4 Å². The van der Waals surface area contributed by atoms with E-state index in [1.54, 1.807) is 23.9 Å². The van der Waals surface area contributed by atoms with Crippen molar-refractivity contribution in [2.24, 2.45) is 12.0 Å². The second-order valence-corrected chi connectivity index (χ2v) is 8.33. The average Bonchev–Trinajstić information content (AvgIpc) is 2.82. The maximum Gasteiger partial charge on any atom is 0.279 e. The highest BCUT2D eigenvalue weighted by Gasteiger charge is 2.09. The van der Waals surface area contributed by atoms with Gasteiger partial charge < -0.3 is 4.57 Å². The summed E-state index contributed by atoms with van der Waals surface area (Å²) in [6.07, 6.45) is 0. The van der Waals surface area contributed by atoms with E-state index in [0.29, 0.717) is 15.6 Å². The van der Waals surface area contributed by atoms with Gasteiger partial charge in [0.05, 0.1) is 10.2 Å². The van der Waals surface area contributed by atoms with Crippen LogP contribution in [0.5, 0.6) is 0 Å². The molecule has 1 amide bonds. The predicted molar refractivity (Wildman–Crippen MR) is 98.1 cm³/mol. The van der Waals surface area contributed by atoms with Gasteiger partial charge in [0.15, 0.2) is 4.80 Å². The molecular weight excluding hydrogens is 343 g/mol. The smallest absolute Gasteiger partial charge is 0.279 e. The van der Waals surface area contributed by atoms with Gasteiger partial charge in [0.25, 0.3) is 5.91 Å². The van der Waals surface area contributed by atoms with E-state index in [9.17, 15) is 9.18 Å². The van der Waals surface area contributed by atoms with Crippen LogP contribution >= 0.6 is 23.1 Å². The van der Waals surface area contributed by atoms with E-state index in [1.165, 1.54) is 23.5 Å². The number of hydrogen-bond donors (Lipinski definition) is 0. The topological polar surface area (TPSA) is 34.4 Å². The third kappa shape index (κ3) is 3.60. The maximum absolute atomic E-state index is 13.4. The largest absolute Gasteiger partial charge is 0.319 e. The number of carbonyl (C=O) groups excluding carboxylic acids is 1. The molecule has 3 rings (SSSR count). The molecule has 0 bridgehead atoms. The minimum Gasteiger partial charge on any atom is -0.319 e. The Morgan fingerprint density at radius 3 is 2.79 bits per heavy atom. The molecule has 0 aliphatic rings. The van der Waals surface area contributed by atoms with E-state index in [0.717, 1.165) is 15.1 Å². The number of amides is 1. The number of nitrogens with zero attached hydrogens (tertiary/aromatic N) is 2. The van der Waals surface area contributed by atoms with E-state index in [4.69, 9.17) is 0 Å². The van der Waals surface area contributed by atoms with E-state index >= 15 is 0 Å². The molecule has 0 fully saturated rings. The lowest BCUT2D eigenvalue weighted by Crippen LogP contribution is -2.13. The van der Waals surface area contributed by atoms with Crippen LogP contribution in [0.4, 0.5) is 4.39 Å². The molecule has 1 heterocycles. The zero-order valence-corrected chi connectivity index (χ0v) is 15.2. The van der Waals surface area contributed by atoms with Crippen LogP contribution < -0.4 is 4.80 Å². The van der Waals surface area contributed by atoms with Crippen LogP contribution in [0.25, 0.3) is 10.2 Å². The quantitative estimate of drug-likeness (QED) is 0.639. The fourth-order valence-corrected chi connectivity index (χ4v) is 4.28. The SMILES string of the molecule is CC(C)Sc1cccc(C(=O)N=c2sc3cc(F)ccc3n2C)c1. The number of fused-ring (bicyclic) bond motifs is 1. The first-order valence-corrected chi connectivity index (χ1v) is 9.24. The van der Waals surface area contributed by atoms with Crippen LogP contribution in [0.3, 0.4) is 0 Å². The Morgan fingerprint density at radius 2 is 2.04 bits per heavy atom. The standard InChI is InChI=1S/C18H17FN2OS2/c1-11(2)23-14-6-4-5-12(9-14)17(22)20-18-21(3)15-8-7-13(19)10-16(15)24-18/h4-11H,1-3H3. The Hall–Kier alpha value is -1.92. The third-order valence-electron chi connectivity index (χ3n) is 3.42. The Morgan fingerprint density at radius 1 is 1.25 bits per heavy atom. The van der Waals surface area contributed by atoms with Gasteiger partial charge >= 0.3 is 0 Å². The number of aromatic nitrogens is 1. The molecule has 3 nitrogen and oxygen atoms in total. The van der Waals surface area contributed by atoms with Gasteiger partial charge in [-0.1, -0.05) is 31.3 Å². The van der Waals surface area contributed by atoms with Crippen molar-refractivity contribution in [3.63, 3.8) is 0 Å². The number of carbonyl (C=O) groups is 1. The summed E-state index contributed by atoms with van der Waals surface area (Å²) in [5, 5.41) is 0.447. The zero-order valence-electron chi connectivity index (χ0n) is 13.6. The van der Waals surface area contributed by atoms with Gasteiger partial charge in [0, 0.05) is 22.8 Å². The molecule has 0 radical (unpaired) electrons. The molecule has 1 aromatic heterocycles. The molecule has 2 aromatic carbocycles. The summed E-state index contributed by atoms with van der Waals surface area (Å²) in [5.41, 5.74) is 1.42. The molecule has 0 aliphatic heterocycles. The number of thioether (sulfide) groups is 1. The highest BCUT2D eigenvalue weighted by Crippen LogP contribution is 2.24. The molecule has 0 unspecified atom stereocenters. The maximum atomic E-state index is 13.4. The third-order valence-corrected chi connectivity index (χ3v) is 5.51. The summed E-state index contributed by atoms with van der Waals surface area (Å²) >= 11 is 3.01. The van der Waals surface area contributed by atoms with Crippen molar-refractivity contribution in [3.05, 3.63) is 58.6 Å². The number of hydrogen-bond acceptors (Lipinski definition) is 3. The molecule has 0 atom stereocenters. The van der Waals surface area contributed by atoms with Crippen molar-refractivity contribution >= 4 is 39.2 Å². The molecule has 124 valence electrons. The summed E-state index contributed by atoms with van der Waals surface area (Å²) in [5.74, 6) is -0.579. The monoisotopic (exact) mass is 360 g/mol. The van der Waals surface area contributed by atoms with Gasteiger partial charge in [0.2, 0.25) is 0 Å². The fraction of sp³-hybridized carbons (Fsp3) is 0.222. The lowest BCUT2D eigenvalue weighted by atomic mass is 10.2. The first-order chi connectivity index (χ1) is 11.4. The minimum atomic E-state index is -0.291. The van der Waals surface area contributed by atoms with Crippen LogP contribution in [-0.2, 0) is 7.05 Å². The summed E-state index contributed by atoms with van der Waals surface area (Å²) in [7, 11) is 1.83. The van der Waals surface area contributed by atoms with Gasteiger partial charge in [-0.2, -0.15) is 4.99 Å². The lowest BCUT2D eigenvalue weighted by Gasteiger charge is -2.05. The number of halogens is 1. The number of aryl methyl sites for hydroxylation is 1. The molecule has 0 saturated heterocycles. The number of thiazole rings is 1. The number of rotatable bonds is 3. The average molecular weight is 360 g/mol. The highest BCUT2D eigenvalue weighted by atomic mass is 32.2. The zero-order chi connectivity index (χ0) is 17.3. The van der Waals surface area contributed by atoms with E-state index in [2.05, 4.69) is 18.8 Å². The van der Waals surface area contributed by atoms with Crippen molar-refractivity contribution < 1.29 is 9.18 Å². The van der Waals surface area contributed by atoms with Gasteiger partial charge in [0.1, 0.15) is 5.82 Å². The van der Waals surface area contributed by atoms with Gasteiger partial charge in [-0.25, -0.2) is 4.39 Å². The van der Waals surface area contributed by atoms with Crippen molar-refractivity contribution in [2.45, 2.75) is 24.0 Å². The van der Waals surface area contributed by atoms with Crippen LogP contribution in [0.1, 0.15) is 24.2 Å².